The number of hydrogen-bond donors (Lipinski definition) is 0. The summed E-state index contributed by atoms with van der Waals surface area (Å²) in [6.07, 6.45) is 0. The van der Waals surface area contributed by atoms with Gasteiger partial charge in [0.2, 0.25) is 0 Å². The summed E-state index contributed by atoms with van der Waals surface area (Å²) in [7, 11) is 4.22. The van der Waals surface area contributed by atoms with Crippen LogP contribution in [0.2, 0.25) is 0 Å². The van der Waals surface area contributed by atoms with Crippen LogP contribution in [-0.2, 0) is 0 Å². The first kappa shape index (κ1) is 10.2. The number of nitrogens with zero attached hydrogens (tertiary/aromatic N) is 1. The molecule has 2 aromatic rings. The molecule has 15 heavy (non-hydrogen) atoms. The Morgan fingerprint density at radius 2 is 1.60 bits per heavy atom. The molecule has 1 nitrogen and oxygen atoms in total. The number of hydrogen-bond acceptors (Lipinski definition) is 1. The van der Waals surface area contributed by atoms with Crippen LogP contribution in [-0.4, -0.2) is 19.0 Å². The minimum atomic E-state index is 0.467. The van der Waals surface area contributed by atoms with Gasteiger partial charge in [-0.15, -0.1) is 0 Å². The van der Waals surface area contributed by atoms with Crippen LogP contribution >= 0.6 is 0 Å². The molecule has 0 aliphatic carbocycles. The molecule has 0 aliphatic rings. The Labute approximate surface area is 91.3 Å². The third-order valence-corrected chi connectivity index (χ3v) is 3.03. The van der Waals surface area contributed by atoms with Crippen LogP contribution in [0.3, 0.4) is 0 Å². The molecule has 1 atom stereocenters. The van der Waals surface area contributed by atoms with Crippen molar-refractivity contribution >= 4 is 10.8 Å². The van der Waals surface area contributed by atoms with Crippen molar-refractivity contribution in [3.05, 3.63) is 48.0 Å². The molecule has 0 fully saturated rings. The zero-order valence-corrected chi connectivity index (χ0v) is 9.57. The highest BCUT2D eigenvalue weighted by atomic mass is 15.1. The first-order chi connectivity index (χ1) is 7.18. The molecule has 0 aliphatic heterocycles. The van der Waals surface area contributed by atoms with Crippen molar-refractivity contribution in [2.24, 2.45) is 0 Å². The molecule has 0 heterocycles. The molecule has 0 radical (unpaired) electrons. The average molecular weight is 199 g/mol. The summed E-state index contributed by atoms with van der Waals surface area (Å²) >= 11 is 0. The van der Waals surface area contributed by atoms with E-state index in [-0.39, 0.29) is 0 Å². The summed E-state index contributed by atoms with van der Waals surface area (Å²) in [4.78, 5) is 2.23. The van der Waals surface area contributed by atoms with Crippen molar-refractivity contribution in [1.29, 1.82) is 0 Å². The van der Waals surface area contributed by atoms with Gasteiger partial charge in [0.1, 0.15) is 0 Å². The quantitative estimate of drug-likeness (QED) is 0.716. The number of benzene rings is 2. The highest BCUT2D eigenvalue weighted by molar-refractivity contribution is 5.83. The SMILES string of the molecule is CC(c1ccc2ccccc2c1)N(C)C. The third-order valence-electron chi connectivity index (χ3n) is 3.03. The van der Waals surface area contributed by atoms with Crippen molar-refractivity contribution in [1.82, 2.24) is 4.90 Å². The van der Waals surface area contributed by atoms with Gasteiger partial charge in [-0.05, 0) is 43.4 Å². The van der Waals surface area contributed by atoms with Crippen LogP contribution in [0.4, 0.5) is 0 Å². The van der Waals surface area contributed by atoms with Crippen LogP contribution in [0.5, 0.6) is 0 Å². The van der Waals surface area contributed by atoms with Gasteiger partial charge in [-0.1, -0.05) is 36.4 Å². The van der Waals surface area contributed by atoms with Crippen LogP contribution in [0.25, 0.3) is 10.8 Å². The Bertz CT molecular complexity index is 460. The molecule has 1 heteroatoms. The maximum absolute atomic E-state index is 2.28. The molecular weight excluding hydrogens is 182 g/mol. The van der Waals surface area contributed by atoms with E-state index in [4.69, 9.17) is 0 Å². The zero-order chi connectivity index (χ0) is 10.8. The molecule has 2 rings (SSSR count). The second-order valence-corrected chi connectivity index (χ2v) is 4.25. The van der Waals surface area contributed by atoms with Gasteiger partial charge < -0.3 is 4.90 Å². The fourth-order valence-electron chi connectivity index (χ4n) is 1.77. The van der Waals surface area contributed by atoms with Gasteiger partial charge in [-0.3, -0.25) is 0 Å². The van der Waals surface area contributed by atoms with E-state index in [0.717, 1.165) is 0 Å². The molecule has 0 N–H and O–H groups in total. The fourth-order valence-corrected chi connectivity index (χ4v) is 1.77. The van der Waals surface area contributed by atoms with E-state index >= 15 is 0 Å². The van der Waals surface area contributed by atoms with Gasteiger partial charge in [-0.2, -0.15) is 0 Å². The van der Waals surface area contributed by atoms with Gasteiger partial charge in [0.05, 0.1) is 0 Å². The van der Waals surface area contributed by atoms with Crippen LogP contribution < -0.4 is 0 Å². The molecule has 1 unspecified atom stereocenters. The van der Waals surface area contributed by atoms with E-state index in [0.29, 0.717) is 6.04 Å². The van der Waals surface area contributed by atoms with Crippen molar-refractivity contribution in [3.63, 3.8) is 0 Å². The molecule has 0 saturated carbocycles. The van der Waals surface area contributed by atoms with Crippen molar-refractivity contribution in [3.8, 4) is 0 Å². The number of fused-ring (bicyclic) bond motifs is 1. The van der Waals surface area contributed by atoms with Gasteiger partial charge in [-0.25, -0.2) is 0 Å². The molecule has 78 valence electrons. The Morgan fingerprint density at radius 1 is 0.933 bits per heavy atom. The predicted octanol–water partition coefficient (Wildman–Crippen LogP) is 3.46. The summed E-state index contributed by atoms with van der Waals surface area (Å²) < 4.78 is 0. The Morgan fingerprint density at radius 3 is 2.27 bits per heavy atom. The van der Waals surface area contributed by atoms with E-state index < -0.39 is 0 Å². The monoisotopic (exact) mass is 199 g/mol. The predicted molar refractivity (Wildman–Crippen MR) is 66.1 cm³/mol. The molecule has 0 spiro atoms. The minimum absolute atomic E-state index is 0.467. The van der Waals surface area contributed by atoms with Crippen LogP contribution in [0, 0.1) is 0 Å². The largest absolute Gasteiger partial charge is 0.303 e. The van der Waals surface area contributed by atoms with E-state index in [2.05, 4.69) is 68.4 Å². The molecular formula is C14H17N. The normalized spacial score (nSPS) is 13.3. The standard InChI is InChI=1S/C14H17N/c1-11(15(2)3)13-9-8-12-6-4-5-7-14(12)10-13/h4-11H,1-3H3. The second kappa shape index (κ2) is 4.03. The lowest BCUT2D eigenvalue weighted by molar-refractivity contribution is 0.321. The lowest BCUT2D eigenvalue weighted by Gasteiger charge is -2.20. The van der Waals surface area contributed by atoms with Gasteiger partial charge in [0.25, 0.3) is 0 Å². The summed E-state index contributed by atoms with van der Waals surface area (Å²) in [5.41, 5.74) is 1.37. The lowest BCUT2D eigenvalue weighted by Crippen LogP contribution is -2.16. The minimum Gasteiger partial charge on any atom is -0.303 e. The first-order valence-electron chi connectivity index (χ1n) is 5.33. The van der Waals surface area contributed by atoms with Crippen molar-refractivity contribution in [2.45, 2.75) is 13.0 Å². The van der Waals surface area contributed by atoms with E-state index in [1.165, 1.54) is 16.3 Å². The van der Waals surface area contributed by atoms with E-state index in [1.54, 1.807) is 0 Å². The molecule has 2 aromatic carbocycles. The Balaban J connectivity index is 2.47. The highest BCUT2D eigenvalue weighted by Crippen LogP contribution is 2.22. The third kappa shape index (κ3) is 2.02. The zero-order valence-electron chi connectivity index (χ0n) is 9.57. The van der Waals surface area contributed by atoms with Gasteiger partial charge in [0, 0.05) is 6.04 Å². The van der Waals surface area contributed by atoms with Crippen LogP contribution in [0.1, 0.15) is 18.5 Å². The molecule has 0 bridgehead atoms. The Hall–Kier alpha value is -1.34. The summed E-state index contributed by atoms with van der Waals surface area (Å²) in [5.74, 6) is 0. The lowest BCUT2D eigenvalue weighted by atomic mass is 10.0. The molecule has 0 amide bonds. The first-order valence-corrected chi connectivity index (χ1v) is 5.33. The smallest absolute Gasteiger partial charge is 0.0314 e. The maximum atomic E-state index is 2.28. The number of rotatable bonds is 2. The highest BCUT2D eigenvalue weighted by Gasteiger charge is 2.07. The maximum Gasteiger partial charge on any atom is 0.0314 e. The summed E-state index contributed by atoms with van der Waals surface area (Å²) in [6.45, 7) is 2.23. The average Bonchev–Trinajstić information content (AvgIpc) is 2.27. The Kier molecular flexibility index (Phi) is 2.74. The van der Waals surface area contributed by atoms with Gasteiger partial charge >= 0.3 is 0 Å². The van der Waals surface area contributed by atoms with Crippen LogP contribution in [0.15, 0.2) is 42.5 Å². The van der Waals surface area contributed by atoms with Crippen molar-refractivity contribution in [2.75, 3.05) is 14.1 Å². The molecule has 0 saturated heterocycles. The van der Waals surface area contributed by atoms with E-state index in [9.17, 15) is 0 Å². The van der Waals surface area contributed by atoms with Crippen molar-refractivity contribution < 1.29 is 0 Å². The second-order valence-electron chi connectivity index (χ2n) is 4.25. The topological polar surface area (TPSA) is 3.24 Å². The summed E-state index contributed by atoms with van der Waals surface area (Å²) in [6, 6.07) is 15.6. The summed E-state index contributed by atoms with van der Waals surface area (Å²) in [5, 5.41) is 2.64. The van der Waals surface area contributed by atoms with Gasteiger partial charge in [0.15, 0.2) is 0 Å². The van der Waals surface area contributed by atoms with E-state index in [1.807, 2.05) is 0 Å². The molecule has 0 aromatic heterocycles. The fraction of sp³-hybridized carbons (Fsp3) is 0.286.